The van der Waals surface area contributed by atoms with Gasteiger partial charge < -0.3 is 15.9 Å². The van der Waals surface area contributed by atoms with Gasteiger partial charge in [-0.3, -0.25) is 0 Å². The maximum Gasteiger partial charge on any atom is 1.00 e. The molecule has 1 aromatic rings. The minimum atomic E-state index is 0. The molecule has 1 rings (SSSR count). The van der Waals surface area contributed by atoms with Crippen LogP contribution in [0, 0.1) is 12.3 Å². The van der Waals surface area contributed by atoms with E-state index in [1.165, 1.54) is 18.4 Å². The fraction of sp³-hybridized carbons (Fsp3) is 0.562. The first kappa shape index (κ1) is 18.7. The molecule has 0 bridgehead atoms. The van der Waals surface area contributed by atoms with Crippen LogP contribution in [-0.2, 0) is 16.1 Å². The van der Waals surface area contributed by atoms with Crippen molar-refractivity contribution >= 4 is 0 Å². The van der Waals surface area contributed by atoms with E-state index in [9.17, 15) is 0 Å². The topological polar surface area (TPSA) is 18.5 Å². The van der Waals surface area contributed by atoms with Gasteiger partial charge in [-0.1, -0.05) is 49.6 Å². The number of rotatable bonds is 10. The van der Waals surface area contributed by atoms with Crippen LogP contribution >= 0.6 is 0 Å². The Morgan fingerprint density at radius 2 is 1.89 bits per heavy atom. The van der Waals surface area contributed by atoms with Gasteiger partial charge in [0.15, 0.2) is 0 Å². The summed E-state index contributed by atoms with van der Waals surface area (Å²) < 4.78 is 10.9. The first-order valence-corrected chi connectivity index (χ1v) is 6.80. The molecule has 0 aliphatic carbocycles. The Kier molecular flexibility index (Phi) is 12.6. The number of hydrogen-bond acceptors (Lipinski definition) is 2. The standard InChI is InChI=1S/C16H25O2.Li/c1-3-8-15(2)9-7-12-17-14-18-13-16-10-5-4-6-11-16;/h3-6,10-11,15H,7-9,12-14H2,1-2H3;/q-1;+1. The minimum absolute atomic E-state index is 0. The molecule has 0 fully saturated rings. The second-order valence-corrected chi connectivity index (χ2v) is 4.75. The van der Waals surface area contributed by atoms with E-state index in [-0.39, 0.29) is 18.9 Å². The molecule has 0 aliphatic rings. The first-order valence-electron chi connectivity index (χ1n) is 6.80. The van der Waals surface area contributed by atoms with Crippen LogP contribution in [0.5, 0.6) is 0 Å². The van der Waals surface area contributed by atoms with Gasteiger partial charge in [-0.2, -0.15) is 13.3 Å². The molecule has 0 radical (unpaired) electrons. The van der Waals surface area contributed by atoms with Crippen molar-refractivity contribution in [2.45, 2.75) is 39.7 Å². The Morgan fingerprint density at radius 1 is 1.16 bits per heavy atom. The van der Waals surface area contributed by atoms with Gasteiger partial charge in [0.05, 0.1) is 6.61 Å². The predicted octanol–water partition coefficient (Wildman–Crippen LogP) is 1.21. The molecule has 0 aliphatic heterocycles. The molecule has 19 heavy (non-hydrogen) atoms. The molecule has 0 spiro atoms. The third kappa shape index (κ3) is 10.2. The van der Waals surface area contributed by atoms with Gasteiger partial charge in [0, 0.05) is 6.61 Å². The molecule has 1 aromatic carbocycles. The third-order valence-electron chi connectivity index (χ3n) is 2.90. The molecule has 1 unspecified atom stereocenters. The minimum Gasteiger partial charge on any atom is -0.355 e. The molecule has 0 saturated carbocycles. The van der Waals surface area contributed by atoms with E-state index in [2.05, 4.69) is 32.4 Å². The number of benzene rings is 1. The van der Waals surface area contributed by atoms with Crippen molar-refractivity contribution in [3.8, 4) is 0 Å². The molecule has 2 nitrogen and oxygen atoms in total. The predicted molar refractivity (Wildman–Crippen MR) is 75.0 cm³/mol. The molecule has 0 saturated heterocycles. The van der Waals surface area contributed by atoms with E-state index in [0.717, 1.165) is 18.9 Å². The summed E-state index contributed by atoms with van der Waals surface area (Å²) in [6.07, 6.45) is 5.77. The molecule has 102 valence electrons. The van der Waals surface area contributed by atoms with Crippen LogP contribution in [0.3, 0.4) is 0 Å². The Bertz CT molecular complexity index is 290. The van der Waals surface area contributed by atoms with Crippen molar-refractivity contribution < 1.29 is 28.3 Å². The molecule has 0 amide bonds. The van der Waals surface area contributed by atoms with Crippen LogP contribution in [0.25, 0.3) is 0 Å². The van der Waals surface area contributed by atoms with Gasteiger partial charge >= 0.3 is 18.9 Å². The van der Waals surface area contributed by atoms with Crippen LogP contribution in [0.4, 0.5) is 0 Å². The molecule has 0 heterocycles. The Balaban J connectivity index is 0.00000324. The Morgan fingerprint density at radius 3 is 2.58 bits per heavy atom. The quantitative estimate of drug-likeness (QED) is 0.271. The maximum atomic E-state index is 5.45. The fourth-order valence-corrected chi connectivity index (χ4v) is 1.91. The van der Waals surface area contributed by atoms with Crippen molar-refractivity contribution in [1.82, 2.24) is 0 Å². The van der Waals surface area contributed by atoms with Crippen molar-refractivity contribution in [3.63, 3.8) is 0 Å². The summed E-state index contributed by atoms with van der Waals surface area (Å²) in [6, 6.07) is 10.2. The zero-order chi connectivity index (χ0) is 13.1. The molecule has 3 heteroatoms. The van der Waals surface area contributed by atoms with E-state index in [1.807, 2.05) is 18.2 Å². The maximum absolute atomic E-state index is 5.45. The van der Waals surface area contributed by atoms with E-state index in [4.69, 9.17) is 9.47 Å². The van der Waals surface area contributed by atoms with E-state index < -0.39 is 0 Å². The second-order valence-electron chi connectivity index (χ2n) is 4.75. The average molecular weight is 256 g/mol. The molecule has 0 N–H and O–H groups in total. The Hall–Kier alpha value is -0.263. The van der Waals surface area contributed by atoms with Crippen LogP contribution in [-0.4, -0.2) is 13.4 Å². The van der Waals surface area contributed by atoms with Crippen LogP contribution in [0.15, 0.2) is 30.3 Å². The Labute approximate surface area is 130 Å². The molecule has 1 atom stereocenters. The van der Waals surface area contributed by atoms with E-state index in [1.54, 1.807) is 0 Å². The van der Waals surface area contributed by atoms with E-state index >= 15 is 0 Å². The van der Waals surface area contributed by atoms with Crippen LogP contribution in [0.2, 0.25) is 0 Å². The summed E-state index contributed by atoms with van der Waals surface area (Å²) in [5.74, 6) is 0.767. The summed E-state index contributed by atoms with van der Waals surface area (Å²) in [6.45, 7) is 6.21. The van der Waals surface area contributed by atoms with Crippen LogP contribution in [0.1, 0.15) is 38.7 Å². The van der Waals surface area contributed by atoms with Crippen LogP contribution < -0.4 is 18.9 Å². The zero-order valence-corrected chi connectivity index (χ0v) is 12.6. The molecule has 0 aromatic heterocycles. The van der Waals surface area contributed by atoms with E-state index in [0.29, 0.717) is 13.4 Å². The largest absolute Gasteiger partial charge is 1.00 e. The fourth-order valence-electron chi connectivity index (χ4n) is 1.91. The van der Waals surface area contributed by atoms with Crippen molar-refractivity contribution in [1.29, 1.82) is 0 Å². The molecular formula is C16H25LiO2. The smallest absolute Gasteiger partial charge is 0.355 e. The van der Waals surface area contributed by atoms with Gasteiger partial charge in [0.25, 0.3) is 0 Å². The normalized spacial score (nSPS) is 11.9. The summed E-state index contributed by atoms with van der Waals surface area (Å²) in [5.41, 5.74) is 1.19. The van der Waals surface area contributed by atoms with Gasteiger partial charge in [-0.15, -0.1) is 0 Å². The monoisotopic (exact) mass is 256 g/mol. The summed E-state index contributed by atoms with van der Waals surface area (Å²) in [4.78, 5) is 0. The number of hydrogen-bond donors (Lipinski definition) is 0. The van der Waals surface area contributed by atoms with Crippen molar-refractivity contribution in [2.24, 2.45) is 5.92 Å². The van der Waals surface area contributed by atoms with Gasteiger partial charge in [0.1, 0.15) is 6.79 Å². The summed E-state index contributed by atoms with van der Waals surface area (Å²) in [5, 5.41) is 0. The third-order valence-corrected chi connectivity index (χ3v) is 2.90. The van der Waals surface area contributed by atoms with Gasteiger partial charge in [-0.05, 0) is 12.0 Å². The molecular weight excluding hydrogens is 231 g/mol. The average Bonchev–Trinajstić information content (AvgIpc) is 2.39. The SMILES string of the molecule is C[CH-]CC(C)CCCOCOCc1ccccc1.[Li+]. The second kappa shape index (κ2) is 12.8. The van der Waals surface area contributed by atoms with Crippen molar-refractivity contribution in [2.75, 3.05) is 13.4 Å². The number of ether oxygens (including phenoxy) is 2. The van der Waals surface area contributed by atoms with Crippen molar-refractivity contribution in [3.05, 3.63) is 42.3 Å². The zero-order valence-electron chi connectivity index (χ0n) is 12.6. The van der Waals surface area contributed by atoms with Gasteiger partial charge in [-0.25, -0.2) is 0 Å². The summed E-state index contributed by atoms with van der Waals surface area (Å²) in [7, 11) is 0. The first-order chi connectivity index (χ1) is 8.83. The van der Waals surface area contributed by atoms with Gasteiger partial charge in [0.2, 0.25) is 0 Å². The summed E-state index contributed by atoms with van der Waals surface area (Å²) >= 11 is 0.